The number of carbonyl (C=O) groups excluding carboxylic acids is 1. The molecule has 0 spiro atoms. The molecule has 0 amide bonds. The summed E-state index contributed by atoms with van der Waals surface area (Å²) < 4.78 is 0. The SMILES string of the molecule is CN(C)C(C(=O)Cl)c1ccccc1. The molecular formula is C10H12ClNO. The number of carbonyl (C=O) groups is 1. The number of likely N-dealkylation sites (N-methyl/N-ethyl adjacent to an activating group) is 1. The fraction of sp³-hybridized carbons (Fsp3) is 0.300. The van der Waals surface area contributed by atoms with Crippen LogP contribution in [0.25, 0.3) is 0 Å². The fourth-order valence-corrected chi connectivity index (χ4v) is 1.59. The van der Waals surface area contributed by atoms with Crippen molar-refractivity contribution in [3.05, 3.63) is 35.9 Å². The van der Waals surface area contributed by atoms with Gasteiger partial charge < -0.3 is 0 Å². The van der Waals surface area contributed by atoms with E-state index in [1.807, 2.05) is 44.4 Å². The van der Waals surface area contributed by atoms with Gasteiger partial charge in [0.15, 0.2) is 0 Å². The van der Waals surface area contributed by atoms with Crippen LogP contribution in [-0.4, -0.2) is 24.2 Å². The van der Waals surface area contributed by atoms with Crippen molar-refractivity contribution < 1.29 is 4.79 Å². The Morgan fingerprint density at radius 3 is 2.23 bits per heavy atom. The first-order chi connectivity index (χ1) is 6.13. The van der Waals surface area contributed by atoms with Crippen LogP contribution in [0, 0.1) is 0 Å². The summed E-state index contributed by atoms with van der Waals surface area (Å²) in [6, 6.07) is 9.14. The van der Waals surface area contributed by atoms with E-state index in [-0.39, 0.29) is 11.3 Å². The highest BCUT2D eigenvalue weighted by Crippen LogP contribution is 2.20. The third kappa shape index (κ3) is 2.54. The van der Waals surface area contributed by atoms with Crippen LogP contribution in [0.4, 0.5) is 0 Å². The Bertz CT molecular complexity index is 284. The molecule has 0 fully saturated rings. The first-order valence-corrected chi connectivity index (χ1v) is 4.41. The molecule has 0 saturated heterocycles. The molecule has 13 heavy (non-hydrogen) atoms. The van der Waals surface area contributed by atoms with Gasteiger partial charge in [-0.1, -0.05) is 30.3 Å². The molecule has 0 saturated carbocycles. The molecule has 1 aromatic carbocycles. The second kappa shape index (κ2) is 4.40. The van der Waals surface area contributed by atoms with Crippen LogP contribution in [0.15, 0.2) is 30.3 Å². The molecule has 1 unspecified atom stereocenters. The van der Waals surface area contributed by atoms with Crippen molar-refractivity contribution in [3.63, 3.8) is 0 Å². The van der Waals surface area contributed by atoms with Gasteiger partial charge in [-0.25, -0.2) is 0 Å². The predicted molar refractivity (Wildman–Crippen MR) is 53.7 cm³/mol. The van der Waals surface area contributed by atoms with Crippen LogP contribution in [0.3, 0.4) is 0 Å². The molecule has 70 valence electrons. The molecule has 0 bridgehead atoms. The Hall–Kier alpha value is -0.860. The summed E-state index contributed by atoms with van der Waals surface area (Å²) in [6.45, 7) is 0. The molecular weight excluding hydrogens is 186 g/mol. The van der Waals surface area contributed by atoms with Gasteiger partial charge in [-0.3, -0.25) is 9.69 Å². The number of hydrogen-bond donors (Lipinski definition) is 0. The summed E-state index contributed by atoms with van der Waals surface area (Å²) in [4.78, 5) is 12.9. The lowest BCUT2D eigenvalue weighted by Gasteiger charge is -2.20. The third-order valence-electron chi connectivity index (χ3n) is 1.85. The van der Waals surface area contributed by atoms with Crippen LogP contribution in [0.2, 0.25) is 0 Å². The van der Waals surface area contributed by atoms with Crippen molar-refractivity contribution in [2.75, 3.05) is 14.1 Å². The molecule has 1 atom stereocenters. The molecule has 0 aliphatic carbocycles. The lowest BCUT2D eigenvalue weighted by Crippen LogP contribution is -2.24. The smallest absolute Gasteiger partial charge is 0.243 e. The van der Waals surface area contributed by atoms with E-state index < -0.39 is 0 Å². The van der Waals surface area contributed by atoms with Crippen LogP contribution in [0.1, 0.15) is 11.6 Å². The summed E-state index contributed by atoms with van der Waals surface area (Å²) >= 11 is 5.49. The van der Waals surface area contributed by atoms with E-state index in [1.165, 1.54) is 0 Å². The first kappa shape index (κ1) is 10.2. The number of rotatable bonds is 3. The monoisotopic (exact) mass is 197 g/mol. The van der Waals surface area contributed by atoms with Gasteiger partial charge in [-0.15, -0.1) is 0 Å². The third-order valence-corrected chi connectivity index (χ3v) is 2.05. The van der Waals surface area contributed by atoms with Crippen LogP contribution in [0.5, 0.6) is 0 Å². The summed E-state index contributed by atoms with van der Waals surface area (Å²) in [5.41, 5.74) is 0.924. The van der Waals surface area contributed by atoms with Gasteiger partial charge in [0.05, 0.1) is 0 Å². The molecule has 0 heterocycles. The maximum Gasteiger partial charge on any atom is 0.243 e. The highest BCUT2D eigenvalue weighted by Gasteiger charge is 2.19. The summed E-state index contributed by atoms with van der Waals surface area (Å²) in [7, 11) is 3.66. The Labute approximate surface area is 83.1 Å². The number of hydrogen-bond acceptors (Lipinski definition) is 2. The van der Waals surface area contributed by atoms with E-state index in [0.29, 0.717) is 0 Å². The minimum Gasteiger partial charge on any atom is -0.295 e. The average molecular weight is 198 g/mol. The maximum absolute atomic E-state index is 11.1. The number of halogens is 1. The lowest BCUT2D eigenvalue weighted by atomic mass is 10.1. The van der Waals surface area contributed by atoms with Crippen LogP contribution < -0.4 is 0 Å². The molecule has 1 aromatic rings. The van der Waals surface area contributed by atoms with E-state index in [9.17, 15) is 4.79 Å². The predicted octanol–water partition coefficient (Wildman–Crippen LogP) is 2.05. The molecule has 0 radical (unpaired) electrons. The highest BCUT2D eigenvalue weighted by molar-refractivity contribution is 6.64. The van der Waals surface area contributed by atoms with E-state index in [2.05, 4.69) is 0 Å². The molecule has 3 heteroatoms. The largest absolute Gasteiger partial charge is 0.295 e. The average Bonchev–Trinajstić information content (AvgIpc) is 2.04. The van der Waals surface area contributed by atoms with Gasteiger partial charge in [-0.05, 0) is 31.3 Å². The second-order valence-corrected chi connectivity index (χ2v) is 3.45. The Morgan fingerprint density at radius 2 is 1.85 bits per heavy atom. The van der Waals surface area contributed by atoms with Crippen molar-refractivity contribution in [2.45, 2.75) is 6.04 Å². The van der Waals surface area contributed by atoms with Crippen LogP contribution >= 0.6 is 11.6 Å². The highest BCUT2D eigenvalue weighted by atomic mass is 35.5. The Balaban J connectivity index is 2.96. The van der Waals surface area contributed by atoms with Crippen molar-refractivity contribution in [1.29, 1.82) is 0 Å². The van der Waals surface area contributed by atoms with Crippen molar-refractivity contribution >= 4 is 16.8 Å². The molecule has 0 N–H and O–H groups in total. The van der Waals surface area contributed by atoms with Crippen molar-refractivity contribution in [2.24, 2.45) is 0 Å². The van der Waals surface area contributed by atoms with E-state index in [1.54, 1.807) is 4.90 Å². The molecule has 0 aliphatic rings. The van der Waals surface area contributed by atoms with Crippen LogP contribution in [-0.2, 0) is 4.79 Å². The molecule has 0 aromatic heterocycles. The lowest BCUT2D eigenvalue weighted by molar-refractivity contribution is -0.115. The van der Waals surface area contributed by atoms with Crippen molar-refractivity contribution in [3.8, 4) is 0 Å². The number of nitrogens with zero attached hydrogens (tertiary/aromatic N) is 1. The van der Waals surface area contributed by atoms with E-state index >= 15 is 0 Å². The topological polar surface area (TPSA) is 20.3 Å². The zero-order valence-electron chi connectivity index (χ0n) is 7.70. The summed E-state index contributed by atoms with van der Waals surface area (Å²) in [5.74, 6) is 0. The molecule has 2 nitrogen and oxygen atoms in total. The molecule has 0 aliphatic heterocycles. The maximum atomic E-state index is 11.1. The normalized spacial score (nSPS) is 12.9. The zero-order valence-corrected chi connectivity index (χ0v) is 8.45. The van der Waals surface area contributed by atoms with Gasteiger partial charge in [0.2, 0.25) is 5.24 Å². The Kier molecular flexibility index (Phi) is 3.46. The molecule has 1 rings (SSSR count). The van der Waals surface area contributed by atoms with Gasteiger partial charge in [-0.2, -0.15) is 0 Å². The van der Waals surface area contributed by atoms with Gasteiger partial charge in [0.1, 0.15) is 6.04 Å². The standard InChI is InChI=1S/C10H12ClNO/c1-12(2)9(10(11)13)8-6-4-3-5-7-8/h3-7,9H,1-2H3. The summed E-state index contributed by atoms with van der Waals surface area (Å²) in [5, 5.41) is -0.351. The minimum absolute atomic E-state index is 0.345. The first-order valence-electron chi connectivity index (χ1n) is 4.03. The van der Waals surface area contributed by atoms with Gasteiger partial charge in [0.25, 0.3) is 0 Å². The number of benzene rings is 1. The quantitative estimate of drug-likeness (QED) is 0.692. The van der Waals surface area contributed by atoms with E-state index in [0.717, 1.165) is 5.56 Å². The minimum atomic E-state index is -0.351. The van der Waals surface area contributed by atoms with E-state index in [4.69, 9.17) is 11.6 Å². The van der Waals surface area contributed by atoms with Crippen molar-refractivity contribution in [1.82, 2.24) is 4.90 Å². The van der Waals surface area contributed by atoms with Gasteiger partial charge >= 0.3 is 0 Å². The Morgan fingerprint density at radius 1 is 1.31 bits per heavy atom. The summed E-state index contributed by atoms with van der Waals surface area (Å²) in [6.07, 6.45) is 0. The fourth-order valence-electron chi connectivity index (χ4n) is 1.27. The van der Waals surface area contributed by atoms with Gasteiger partial charge in [0, 0.05) is 0 Å². The zero-order chi connectivity index (χ0) is 9.84. The second-order valence-electron chi connectivity index (χ2n) is 3.08.